The number of anilines is 3. The molecule has 5 N–H and O–H groups in total. The fourth-order valence-corrected chi connectivity index (χ4v) is 2.01. The molecule has 6 heteroatoms. The summed E-state index contributed by atoms with van der Waals surface area (Å²) in [6, 6.07) is 1.07. The fourth-order valence-electron chi connectivity index (χ4n) is 2.01. The number of nitrogens with two attached hydrogens (primary N) is 2. The minimum absolute atomic E-state index is 0.424. The Morgan fingerprint density at radius 1 is 1.56 bits per heavy atom. The number of nitrogen functional groups attached to an aromatic ring is 2. The van der Waals surface area contributed by atoms with E-state index < -0.39 is 12.0 Å². The summed E-state index contributed by atoms with van der Waals surface area (Å²) < 4.78 is 0. The van der Waals surface area contributed by atoms with Crippen molar-refractivity contribution < 1.29 is 9.90 Å². The second-order valence-electron chi connectivity index (χ2n) is 3.87. The van der Waals surface area contributed by atoms with Crippen molar-refractivity contribution in [3.63, 3.8) is 0 Å². The van der Waals surface area contributed by atoms with E-state index in [1.165, 1.54) is 6.20 Å². The molecule has 1 aromatic heterocycles. The topological polar surface area (TPSA) is 105 Å². The molecule has 86 valence electrons. The maximum atomic E-state index is 11.0. The Bertz CT molecular complexity index is 421. The van der Waals surface area contributed by atoms with Gasteiger partial charge in [0, 0.05) is 6.54 Å². The van der Waals surface area contributed by atoms with E-state index in [0.29, 0.717) is 30.2 Å². The fraction of sp³-hybridized carbons (Fsp3) is 0.400. The number of aliphatic carboxylic acids is 1. The number of nitrogens with zero attached hydrogens (tertiary/aromatic N) is 2. The van der Waals surface area contributed by atoms with Crippen LogP contribution < -0.4 is 16.4 Å². The number of carboxylic acids is 1. The third-order valence-electron chi connectivity index (χ3n) is 2.73. The molecule has 0 aliphatic carbocycles. The minimum atomic E-state index is -0.837. The monoisotopic (exact) mass is 222 g/mol. The first-order chi connectivity index (χ1) is 7.59. The lowest BCUT2D eigenvalue weighted by Gasteiger charge is -2.23. The molecule has 1 aromatic rings. The third kappa shape index (κ3) is 1.73. The summed E-state index contributed by atoms with van der Waals surface area (Å²) >= 11 is 0. The van der Waals surface area contributed by atoms with Crippen molar-refractivity contribution in [3.8, 4) is 0 Å². The maximum absolute atomic E-state index is 11.0. The van der Waals surface area contributed by atoms with E-state index in [0.717, 1.165) is 6.42 Å². The van der Waals surface area contributed by atoms with E-state index in [2.05, 4.69) is 4.98 Å². The van der Waals surface area contributed by atoms with E-state index in [4.69, 9.17) is 16.6 Å². The average molecular weight is 222 g/mol. The van der Waals surface area contributed by atoms with Gasteiger partial charge in [0.1, 0.15) is 6.04 Å². The Balaban J connectivity index is 2.32. The molecule has 0 radical (unpaired) electrons. The van der Waals surface area contributed by atoms with Gasteiger partial charge < -0.3 is 21.5 Å². The van der Waals surface area contributed by atoms with Gasteiger partial charge >= 0.3 is 5.97 Å². The summed E-state index contributed by atoms with van der Waals surface area (Å²) in [5, 5.41) is 9.06. The second-order valence-corrected chi connectivity index (χ2v) is 3.87. The number of aromatic nitrogens is 1. The zero-order valence-corrected chi connectivity index (χ0v) is 8.76. The van der Waals surface area contributed by atoms with Crippen molar-refractivity contribution in [2.75, 3.05) is 22.9 Å². The summed E-state index contributed by atoms with van der Waals surface area (Å²) in [6.07, 6.45) is 2.95. The normalized spacial score (nSPS) is 20.0. The molecule has 16 heavy (non-hydrogen) atoms. The van der Waals surface area contributed by atoms with E-state index in [9.17, 15) is 4.79 Å². The van der Waals surface area contributed by atoms with E-state index in [-0.39, 0.29) is 0 Å². The van der Waals surface area contributed by atoms with Crippen LogP contribution in [0.4, 0.5) is 17.2 Å². The zero-order valence-electron chi connectivity index (χ0n) is 8.76. The van der Waals surface area contributed by atoms with Gasteiger partial charge in [-0.15, -0.1) is 0 Å². The van der Waals surface area contributed by atoms with Crippen LogP contribution in [0.5, 0.6) is 0 Å². The number of carboxylic acid groups (broad SMARTS) is 1. The standard InChI is InChI=1S/C10H14N4O2/c11-6-4-7(12)9(13-5-6)14-3-1-2-8(14)10(15)16/h4-5,8H,1-3,11-12H2,(H,15,16)/t8-/m0/s1. The molecule has 2 heterocycles. The number of carbonyl (C=O) groups is 1. The summed E-state index contributed by atoms with van der Waals surface area (Å²) in [5.41, 5.74) is 12.2. The predicted octanol–water partition coefficient (Wildman–Crippen LogP) is 0.299. The lowest BCUT2D eigenvalue weighted by Crippen LogP contribution is -2.36. The molecule has 1 saturated heterocycles. The van der Waals surface area contributed by atoms with E-state index in [1.54, 1.807) is 11.0 Å². The first-order valence-corrected chi connectivity index (χ1v) is 5.10. The highest BCUT2D eigenvalue weighted by molar-refractivity contribution is 5.81. The third-order valence-corrected chi connectivity index (χ3v) is 2.73. The molecule has 0 bridgehead atoms. The molecule has 0 aromatic carbocycles. The lowest BCUT2D eigenvalue weighted by atomic mass is 10.2. The van der Waals surface area contributed by atoms with Gasteiger partial charge in [-0.2, -0.15) is 0 Å². The highest BCUT2D eigenvalue weighted by atomic mass is 16.4. The van der Waals surface area contributed by atoms with Gasteiger partial charge in [0.15, 0.2) is 5.82 Å². The zero-order chi connectivity index (χ0) is 11.7. The molecule has 0 saturated carbocycles. The number of pyridine rings is 1. The Kier molecular flexibility index (Phi) is 2.55. The molecule has 1 atom stereocenters. The Morgan fingerprint density at radius 3 is 2.94 bits per heavy atom. The molecule has 0 unspecified atom stereocenters. The molecule has 0 amide bonds. The highest BCUT2D eigenvalue weighted by Gasteiger charge is 2.32. The predicted molar refractivity (Wildman–Crippen MR) is 61.1 cm³/mol. The van der Waals surface area contributed by atoms with E-state index >= 15 is 0 Å². The van der Waals surface area contributed by atoms with Crippen molar-refractivity contribution in [2.24, 2.45) is 0 Å². The molecular weight excluding hydrogens is 208 g/mol. The molecule has 1 aliphatic heterocycles. The highest BCUT2D eigenvalue weighted by Crippen LogP contribution is 2.29. The Hall–Kier alpha value is -1.98. The maximum Gasteiger partial charge on any atom is 0.326 e. The van der Waals surface area contributed by atoms with Crippen molar-refractivity contribution in [1.82, 2.24) is 4.98 Å². The van der Waals surface area contributed by atoms with Crippen LogP contribution in [0.25, 0.3) is 0 Å². The number of hydrogen-bond acceptors (Lipinski definition) is 5. The summed E-state index contributed by atoms with van der Waals surface area (Å²) in [6.45, 7) is 0.665. The Labute approximate surface area is 92.9 Å². The molecule has 6 nitrogen and oxygen atoms in total. The average Bonchev–Trinajstić information content (AvgIpc) is 2.66. The van der Waals surface area contributed by atoms with Gasteiger partial charge in [0.25, 0.3) is 0 Å². The molecule has 0 spiro atoms. The largest absolute Gasteiger partial charge is 0.480 e. The lowest BCUT2D eigenvalue weighted by molar-refractivity contribution is -0.138. The van der Waals surface area contributed by atoms with E-state index in [1.807, 2.05) is 0 Å². The van der Waals surface area contributed by atoms with Crippen LogP contribution in [0.1, 0.15) is 12.8 Å². The Morgan fingerprint density at radius 2 is 2.31 bits per heavy atom. The van der Waals surface area contributed by atoms with Gasteiger partial charge in [-0.05, 0) is 18.9 Å². The molecule has 1 fully saturated rings. The molecule has 2 rings (SSSR count). The number of rotatable bonds is 2. The summed E-state index contributed by atoms with van der Waals surface area (Å²) in [7, 11) is 0. The van der Waals surface area contributed by atoms with Gasteiger partial charge in [-0.1, -0.05) is 0 Å². The summed E-state index contributed by atoms with van der Waals surface area (Å²) in [4.78, 5) is 16.9. The minimum Gasteiger partial charge on any atom is -0.480 e. The van der Waals surface area contributed by atoms with Crippen LogP contribution in [-0.4, -0.2) is 28.6 Å². The van der Waals surface area contributed by atoms with Crippen LogP contribution in [-0.2, 0) is 4.79 Å². The van der Waals surface area contributed by atoms with Gasteiger partial charge in [-0.25, -0.2) is 9.78 Å². The van der Waals surface area contributed by atoms with Crippen molar-refractivity contribution in [1.29, 1.82) is 0 Å². The van der Waals surface area contributed by atoms with Crippen LogP contribution in [0, 0.1) is 0 Å². The van der Waals surface area contributed by atoms with Crippen molar-refractivity contribution >= 4 is 23.2 Å². The molecular formula is C10H14N4O2. The van der Waals surface area contributed by atoms with Gasteiger partial charge in [0.2, 0.25) is 0 Å². The van der Waals surface area contributed by atoms with Gasteiger partial charge in [0.05, 0.1) is 17.6 Å². The van der Waals surface area contributed by atoms with Crippen LogP contribution >= 0.6 is 0 Å². The first kappa shape index (κ1) is 10.5. The van der Waals surface area contributed by atoms with Crippen LogP contribution in [0.15, 0.2) is 12.3 Å². The molecule has 1 aliphatic rings. The van der Waals surface area contributed by atoms with Crippen LogP contribution in [0.3, 0.4) is 0 Å². The van der Waals surface area contributed by atoms with Crippen LogP contribution in [0.2, 0.25) is 0 Å². The van der Waals surface area contributed by atoms with Crippen molar-refractivity contribution in [2.45, 2.75) is 18.9 Å². The van der Waals surface area contributed by atoms with Gasteiger partial charge in [-0.3, -0.25) is 0 Å². The second kappa shape index (κ2) is 3.88. The SMILES string of the molecule is Nc1cnc(N2CCC[C@H]2C(=O)O)c(N)c1. The quantitative estimate of drug-likeness (QED) is 0.664. The number of hydrogen-bond donors (Lipinski definition) is 3. The first-order valence-electron chi connectivity index (χ1n) is 5.10. The summed E-state index contributed by atoms with van der Waals surface area (Å²) in [5.74, 6) is -0.324. The van der Waals surface area contributed by atoms with Crippen molar-refractivity contribution in [3.05, 3.63) is 12.3 Å². The smallest absolute Gasteiger partial charge is 0.326 e.